The molecule has 7 nitrogen and oxygen atoms in total. The SMILES string of the molecule is CC(Sc1nnc(N2CCCC2)n1-c1ccccc1Cl)C(=O)Nc1cccc(C#N)c1. The smallest absolute Gasteiger partial charge is 0.237 e. The average molecular weight is 453 g/mol. The van der Waals surface area contributed by atoms with Crippen molar-refractivity contribution in [3.05, 3.63) is 59.1 Å². The minimum absolute atomic E-state index is 0.184. The van der Waals surface area contributed by atoms with E-state index >= 15 is 0 Å². The molecule has 1 N–H and O–H groups in total. The highest BCUT2D eigenvalue weighted by Crippen LogP contribution is 2.33. The van der Waals surface area contributed by atoms with Crippen LogP contribution >= 0.6 is 23.4 Å². The third-order valence-corrected chi connectivity index (χ3v) is 6.37. The third kappa shape index (κ3) is 4.68. The molecule has 2 heterocycles. The van der Waals surface area contributed by atoms with E-state index in [1.165, 1.54) is 11.8 Å². The molecule has 2 aromatic carbocycles. The molecular formula is C22H21ClN6OS. The van der Waals surface area contributed by atoms with Crippen LogP contribution < -0.4 is 10.2 Å². The maximum absolute atomic E-state index is 12.8. The van der Waals surface area contributed by atoms with Gasteiger partial charge in [0.05, 0.1) is 27.6 Å². The number of benzene rings is 2. The van der Waals surface area contributed by atoms with Gasteiger partial charge >= 0.3 is 0 Å². The van der Waals surface area contributed by atoms with Gasteiger partial charge < -0.3 is 10.2 Å². The second kappa shape index (κ2) is 9.41. The third-order valence-electron chi connectivity index (χ3n) is 5.01. The van der Waals surface area contributed by atoms with Crippen LogP contribution in [0.25, 0.3) is 5.69 Å². The van der Waals surface area contributed by atoms with Gasteiger partial charge in [0, 0.05) is 18.8 Å². The van der Waals surface area contributed by atoms with Crippen molar-refractivity contribution in [3.8, 4) is 11.8 Å². The Morgan fingerprint density at radius 3 is 2.71 bits per heavy atom. The number of amides is 1. The van der Waals surface area contributed by atoms with Gasteiger partial charge in [0.15, 0.2) is 5.16 Å². The lowest BCUT2D eigenvalue weighted by Crippen LogP contribution is -2.24. The number of rotatable bonds is 6. The maximum atomic E-state index is 12.8. The number of para-hydroxylation sites is 1. The lowest BCUT2D eigenvalue weighted by atomic mass is 10.2. The minimum atomic E-state index is -0.442. The van der Waals surface area contributed by atoms with E-state index in [1.807, 2.05) is 35.8 Å². The molecule has 1 unspecified atom stereocenters. The summed E-state index contributed by atoms with van der Waals surface area (Å²) >= 11 is 7.81. The molecule has 0 radical (unpaired) electrons. The molecule has 1 aromatic heterocycles. The molecule has 4 rings (SSSR count). The zero-order valence-corrected chi connectivity index (χ0v) is 18.5. The van der Waals surface area contributed by atoms with Crippen LogP contribution in [0.4, 0.5) is 11.6 Å². The molecule has 31 heavy (non-hydrogen) atoms. The first-order valence-corrected chi connectivity index (χ1v) is 11.3. The van der Waals surface area contributed by atoms with Gasteiger partial charge in [-0.3, -0.25) is 9.36 Å². The van der Waals surface area contributed by atoms with Crippen LogP contribution in [0.15, 0.2) is 53.7 Å². The fourth-order valence-electron chi connectivity index (χ4n) is 3.43. The molecule has 0 aliphatic carbocycles. The van der Waals surface area contributed by atoms with Crippen LogP contribution in [0.2, 0.25) is 5.02 Å². The summed E-state index contributed by atoms with van der Waals surface area (Å²) in [4.78, 5) is 15.0. The number of nitrogens with one attached hydrogen (secondary N) is 1. The van der Waals surface area contributed by atoms with Crippen molar-refractivity contribution in [1.82, 2.24) is 14.8 Å². The van der Waals surface area contributed by atoms with Crippen molar-refractivity contribution < 1.29 is 4.79 Å². The molecule has 1 atom stereocenters. The van der Waals surface area contributed by atoms with Crippen LogP contribution in [0, 0.1) is 11.3 Å². The molecule has 9 heteroatoms. The Balaban J connectivity index is 1.59. The summed E-state index contributed by atoms with van der Waals surface area (Å²) < 4.78 is 1.93. The molecular weight excluding hydrogens is 432 g/mol. The molecule has 0 bridgehead atoms. The standard InChI is InChI=1S/C22H21ClN6OS/c1-15(20(30)25-17-8-6-7-16(13-17)14-24)31-22-27-26-21(28-11-4-5-12-28)29(22)19-10-3-2-9-18(19)23/h2-3,6-10,13,15H,4-5,11-12H2,1H3,(H,25,30). The highest BCUT2D eigenvalue weighted by Gasteiger charge is 2.26. The largest absolute Gasteiger partial charge is 0.341 e. The monoisotopic (exact) mass is 452 g/mol. The van der Waals surface area contributed by atoms with Gasteiger partial charge in [-0.25, -0.2) is 0 Å². The lowest BCUT2D eigenvalue weighted by Gasteiger charge is -2.19. The normalized spacial score (nSPS) is 14.3. The molecule has 1 fully saturated rings. The average Bonchev–Trinajstić information content (AvgIpc) is 3.44. The van der Waals surface area contributed by atoms with Crippen molar-refractivity contribution >= 4 is 40.9 Å². The zero-order chi connectivity index (χ0) is 21.8. The fraction of sp³-hybridized carbons (Fsp3) is 0.273. The number of hydrogen-bond donors (Lipinski definition) is 1. The van der Waals surface area contributed by atoms with E-state index in [4.69, 9.17) is 16.9 Å². The molecule has 3 aromatic rings. The Morgan fingerprint density at radius 2 is 1.97 bits per heavy atom. The number of aromatic nitrogens is 3. The number of carbonyl (C=O) groups is 1. The highest BCUT2D eigenvalue weighted by atomic mass is 35.5. The van der Waals surface area contributed by atoms with E-state index in [2.05, 4.69) is 26.5 Å². The van der Waals surface area contributed by atoms with Gasteiger partial charge in [-0.1, -0.05) is 41.6 Å². The number of nitriles is 1. The Kier molecular flexibility index (Phi) is 6.44. The minimum Gasteiger partial charge on any atom is -0.341 e. The summed E-state index contributed by atoms with van der Waals surface area (Å²) in [6, 6.07) is 16.5. The predicted octanol–water partition coefficient (Wildman–Crippen LogP) is 4.51. The zero-order valence-electron chi connectivity index (χ0n) is 17.0. The summed E-state index contributed by atoms with van der Waals surface area (Å²) in [6.07, 6.45) is 2.22. The quantitative estimate of drug-likeness (QED) is 0.553. The summed E-state index contributed by atoms with van der Waals surface area (Å²) in [6.45, 7) is 3.65. The van der Waals surface area contributed by atoms with E-state index in [0.717, 1.165) is 37.6 Å². The predicted molar refractivity (Wildman–Crippen MR) is 123 cm³/mol. The Hall–Kier alpha value is -3.02. The van der Waals surface area contributed by atoms with E-state index in [9.17, 15) is 4.79 Å². The van der Waals surface area contributed by atoms with E-state index in [1.54, 1.807) is 24.3 Å². The van der Waals surface area contributed by atoms with Crippen LogP contribution in [-0.4, -0.2) is 39.0 Å². The Labute approximate surface area is 190 Å². The van der Waals surface area contributed by atoms with Crippen molar-refractivity contribution in [3.63, 3.8) is 0 Å². The fourth-order valence-corrected chi connectivity index (χ4v) is 4.50. The highest BCUT2D eigenvalue weighted by molar-refractivity contribution is 8.00. The van der Waals surface area contributed by atoms with E-state index < -0.39 is 5.25 Å². The number of anilines is 2. The Bertz CT molecular complexity index is 1140. The second-order valence-corrected chi connectivity index (χ2v) is 8.92. The summed E-state index contributed by atoms with van der Waals surface area (Å²) in [5.41, 5.74) is 1.86. The molecule has 1 aliphatic rings. The van der Waals surface area contributed by atoms with Gasteiger partial charge in [-0.15, -0.1) is 10.2 Å². The molecule has 1 aliphatic heterocycles. The molecule has 1 amide bonds. The van der Waals surface area contributed by atoms with Crippen LogP contribution in [-0.2, 0) is 4.79 Å². The molecule has 0 spiro atoms. The van der Waals surface area contributed by atoms with Gasteiger partial charge in [-0.05, 0) is 50.1 Å². The van der Waals surface area contributed by atoms with Crippen LogP contribution in [0.5, 0.6) is 0 Å². The van der Waals surface area contributed by atoms with Crippen molar-refractivity contribution in [1.29, 1.82) is 5.26 Å². The summed E-state index contributed by atoms with van der Waals surface area (Å²) in [5, 5.41) is 21.5. The van der Waals surface area contributed by atoms with Crippen molar-refractivity contribution in [2.75, 3.05) is 23.3 Å². The van der Waals surface area contributed by atoms with Crippen molar-refractivity contribution in [2.45, 2.75) is 30.2 Å². The first-order valence-electron chi connectivity index (χ1n) is 10.00. The van der Waals surface area contributed by atoms with Gasteiger partial charge in [-0.2, -0.15) is 5.26 Å². The molecule has 158 valence electrons. The summed E-state index contributed by atoms with van der Waals surface area (Å²) in [7, 11) is 0. The Morgan fingerprint density at radius 1 is 1.19 bits per heavy atom. The van der Waals surface area contributed by atoms with Gasteiger partial charge in [0.25, 0.3) is 0 Å². The van der Waals surface area contributed by atoms with Crippen LogP contribution in [0.3, 0.4) is 0 Å². The molecule has 1 saturated heterocycles. The summed E-state index contributed by atoms with van der Waals surface area (Å²) in [5.74, 6) is 0.555. The van der Waals surface area contributed by atoms with Gasteiger partial charge in [0.2, 0.25) is 11.9 Å². The number of nitrogens with zero attached hydrogens (tertiary/aromatic N) is 5. The van der Waals surface area contributed by atoms with Crippen molar-refractivity contribution in [2.24, 2.45) is 0 Å². The maximum Gasteiger partial charge on any atom is 0.237 e. The number of carbonyl (C=O) groups excluding carboxylic acids is 1. The first-order chi connectivity index (χ1) is 15.1. The van der Waals surface area contributed by atoms with E-state index in [0.29, 0.717) is 21.4 Å². The van der Waals surface area contributed by atoms with E-state index in [-0.39, 0.29) is 5.91 Å². The first kappa shape index (κ1) is 21.2. The topological polar surface area (TPSA) is 86.8 Å². The second-order valence-electron chi connectivity index (χ2n) is 7.21. The number of hydrogen-bond acceptors (Lipinski definition) is 6. The molecule has 0 saturated carbocycles. The number of thioether (sulfide) groups is 1. The lowest BCUT2D eigenvalue weighted by molar-refractivity contribution is -0.115. The van der Waals surface area contributed by atoms with Gasteiger partial charge in [0.1, 0.15) is 0 Å². The number of halogens is 1. The van der Waals surface area contributed by atoms with Crippen LogP contribution in [0.1, 0.15) is 25.3 Å².